The summed E-state index contributed by atoms with van der Waals surface area (Å²) in [5.41, 5.74) is 8.04. The molecule has 7 heteroatoms. The second-order valence-corrected chi connectivity index (χ2v) is 7.93. The third-order valence-electron chi connectivity index (χ3n) is 3.35. The highest BCUT2D eigenvalue weighted by Gasteiger charge is 2.08. The molecule has 128 valence electrons. The van der Waals surface area contributed by atoms with Crippen molar-refractivity contribution < 1.29 is 0 Å². The zero-order chi connectivity index (χ0) is 17.6. The van der Waals surface area contributed by atoms with E-state index >= 15 is 0 Å². The smallest absolute Gasteiger partial charge is 0.190 e. The summed E-state index contributed by atoms with van der Waals surface area (Å²) >= 11 is 15.5. The van der Waals surface area contributed by atoms with Gasteiger partial charge < -0.3 is 5.73 Å². The number of hydrogen-bond acceptors (Lipinski definition) is 5. The van der Waals surface area contributed by atoms with Crippen molar-refractivity contribution in [3.63, 3.8) is 0 Å². The lowest BCUT2D eigenvalue weighted by Crippen LogP contribution is -1.97. The summed E-state index contributed by atoms with van der Waals surface area (Å²) in [5, 5.41) is 2.97. The molecule has 3 nitrogen and oxygen atoms in total. The maximum Gasteiger partial charge on any atom is 0.190 e. The minimum Gasteiger partial charge on any atom is -0.384 e. The van der Waals surface area contributed by atoms with Crippen LogP contribution in [-0.4, -0.2) is 9.97 Å². The highest BCUT2D eigenvalue weighted by molar-refractivity contribution is 7.99. The summed E-state index contributed by atoms with van der Waals surface area (Å²) < 4.78 is 0. The third kappa shape index (κ3) is 5.28. The van der Waals surface area contributed by atoms with Crippen molar-refractivity contribution in [1.29, 1.82) is 0 Å². The molecule has 0 radical (unpaired) electrons. The van der Waals surface area contributed by atoms with E-state index < -0.39 is 0 Å². The molecule has 0 spiro atoms. The second kappa shape index (κ2) is 8.81. The van der Waals surface area contributed by atoms with Gasteiger partial charge in [-0.25, -0.2) is 9.97 Å². The molecule has 0 bridgehead atoms. The Morgan fingerprint density at radius 1 is 0.800 bits per heavy atom. The van der Waals surface area contributed by atoms with E-state index in [2.05, 4.69) is 9.97 Å². The number of thioether (sulfide) groups is 2. The number of nitrogen functional groups attached to an aromatic ring is 1. The van der Waals surface area contributed by atoms with E-state index in [1.165, 1.54) is 11.8 Å². The van der Waals surface area contributed by atoms with Crippen LogP contribution in [0.25, 0.3) is 0 Å². The molecule has 0 amide bonds. The van der Waals surface area contributed by atoms with Crippen molar-refractivity contribution in [1.82, 2.24) is 9.97 Å². The van der Waals surface area contributed by atoms with E-state index in [4.69, 9.17) is 28.9 Å². The lowest BCUT2D eigenvalue weighted by Gasteiger charge is -2.07. The number of anilines is 1. The molecule has 2 aromatic carbocycles. The van der Waals surface area contributed by atoms with E-state index in [-0.39, 0.29) is 0 Å². The van der Waals surface area contributed by atoms with Gasteiger partial charge in [0.2, 0.25) is 0 Å². The summed E-state index contributed by atoms with van der Waals surface area (Å²) in [6.07, 6.45) is 0. The van der Waals surface area contributed by atoms with Crippen LogP contribution in [0.5, 0.6) is 0 Å². The highest BCUT2D eigenvalue weighted by atomic mass is 35.5. The fourth-order valence-electron chi connectivity index (χ4n) is 2.08. The van der Waals surface area contributed by atoms with E-state index in [0.29, 0.717) is 16.7 Å². The molecule has 2 N–H and O–H groups in total. The maximum atomic E-state index is 6.20. The van der Waals surface area contributed by atoms with Crippen LogP contribution < -0.4 is 5.73 Å². The van der Waals surface area contributed by atoms with Gasteiger partial charge >= 0.3 is 0 Å². The summed E-state index contributed by atoms with van der Waals surface area (Å²) in [4.78, 5) is 8.87. The van der Waals surface area contributed by atoms with E-state index in [0.717, 1.165) is 32.0 Å². The van der Waals surface area contributed by atoms with Crippen molar-refractivity contribution in [3.8, 4) is 0 Å². The molecule has 3 rings (SSSR count). The molecule has 0 saturated heterocycles. The van der Waals surface area contributed by atoms with Crippen molar-refractivity contribution in [2.45, 2.75) is 21.7 Å². The number of hydrogen-bond donors (Lipinski definition) is 1. The number of aromatic nitrogens is 2. The average molecular weight is 408 g/mol. The fourth-order valence-corrected chi connectivity index (χ4v) is 4.48. The molecular formula is C18H15Cl2N3S2. The van der Waals surface area contributed by atoms with Gasteiger partial charge in [0, 0.05) is 27.6 Å². The minimum absolute atomic E-state index is 0.457. The molecule has 25 heavy (non-hydrogen) atoms. The number of halogens is 2. The van der Waals surface area contributed by atoms with Crippen LogP contribution in [0.4, 0.5) is 5.82 Å². The predicted molar refractivity (Wildman–Crippen MR) is 108 cm³/mol. The summed E-state index contributed by atoms with van der Waals surface area (Å²) in [7, 11) is 0. The SMILES string of the molecule is Nc1cc(SCc2ccccc2Cl)nc(SCc2ccccc2Cl)n1. The molecular weight excluding hydrogens is 393 g/mol. The van der Waals surface area contributed by atoms with Crippen molar-refractivity contribution in [3.05, 3.63) is 75.8 Å². The zero-order valence-electron chi connectivity index (χ0n) is 13.2. The largest absolute Gasteiger partial charge is 0.384 e. The van der Waals surface area contributed by atoms with Crippen LogP contribution in [0.1, 0.15) is 11.1 Å². The Morgan fingerprint density at radius 2 is 1.36 bits per heavy atom. The Hall–Kier alpha value is -1.40. The first kappa shape index (κ1) is 18.4. The Bertz CT molecular complexity index is 807. The Labute approximate surface area is 165 Å². The fraction of sp³-hybridized carbons (Fsp3) is 0.111. The van der Waals surface area contributed by atoms with Gasteiger partial charge in [0.15, 0.2) is 5.16 Å². The predicted octanol–water partition coefficient (Wildman–Crippen LogP) is 5.95. The molecule has 0 atom stereocenters. The lowest BCUT2D eigenvalue weighted by molar-refractivity contribution is 0.899. The number of nitrogens with zero attached hydrogens (tertiary/aromatic N) is 2. The van der Waals surface area contributed by atoms with Crippen LogP contribution >= 0.6 is 46.7 Å². The first-order valence-electron chi connectivity index (χ1n) is 7.49. The van der Waals surface area contributed by atoms with Crippen molar-refractivity contribution >= 4 is 52.5 Å². The van der Waals surface area contributed by atoms with Gasteiger partial charge in [-0.15, -0.1) is 11.8 Å². The Balaban J connectivity index is 1.68. The Kier molecular flexibility index (Phi) is 6.48. The van der Waals surface area contributed by atoms with Gasteiger partial charge in [-0.05, 0) is 23.3 Å². The van der Waals surface area contributed by atoms with Crippen LogP contribution in [0.3, 0.4) is 0 Å². The van der Waals surface area contributed by atoms with Gasteiger partial charge in [0.05, 0.1) is 0 Å². The third-order valence-corrected chi connectivity index (χ3v) is 5.94. The van der Waals surface area contributed by atoms with Crippen molar-refractivity contribution in [2.24, 2.45) is 0 Å². The molecule has 1 aromatic heterocycles. The van der Waals surface area contributed by atoms with Crippen LogP contribution in [0.2, 0.25) is 10.0 Å². The van der Waals surface area contributed by atoms with Crippen molar-refractivity contribution in [2.75, 3.05) is 5.73 Å². The Morgan fingerprint density at radius 3 is 1.96 bits per heavy atom. The van der Waals surface area contributed by atoms with Crippen LogP contribution in [-0.2, 0) is 11.5 Å². The van der Waals surface area contributed by atoms with E-state index in [1.807, 2.05) is 48.5 Å². The topological polar surface area (TPSA) is 51.8 Å². The van der Waals surface area contributed by atoms with Gasteiger partial charge in [-0.3, -0.25) is 0 Å². The molecule has 0 aliphatic heterocycles. The molecule has 0 aliphatic rings. The summed E-state index contributed by atoms with van der Waals surface area (Å²) in [6.45, 7) is 0. The first-order chi connectivity index (χ1) is 12.1. The minimum atomic E-state index is 0.457. The summed E-state index contributed by atoms with van der Waals surface area (Å²) in [6, 6.07) is 17.3. The normalized spacial score (nSPS) is 10.8. The maximum absolute atomic E-state index is 6.20. The highest BCUT2D eigenvalue weighted by Crippen LogP contribution is 2.29. The number of nitrogens with two attached hydrogens (primary N) is 1. The molecule has 0 fully saturated rings. The number of benzene rings is 2. The number of rotatable bonds is 6. The second-order valence-electron chi connectivity index (χ2n) is 5.17. The standard InChI is InChI=1S/C18H15Cl2N3S2/c19-14-7-3-1-5-12(14)10-24-17-9-16(21)22-18(23-17)25-11-13-6-2-4-8-15(13)20/h1-9H,10-11H2,(H2,21,22,23). The van der Waals surface area contributed by atoms with Gasteiger partial charge in [-0.2, -0.15) is 0 Å². The van der Waals surface area contributed by atoms with Crippen LogP contribution in [0, 0.1) is 0 Å². The van der Waals surface area contributed by atoms with E-state index in [1.54, 1.807) is 17.8 Å². The van der Waals surface area contributed by atoms with Gasteiger partial charge in [0.25, 0.3) is 0 Å². The molecule has 1 heterocycles. The van der Waals surface area contributed by atoms with Gasteiger partial charge in [-0.1, -0.05) is 71.4 Å². The lowest BCUT2D eigenvalue weighted by atomic mass is 10.2. The van der Waals surface area contributed by atoms with Gasteiger partial charge in [0.1, 0.15) is 10.8 Å². The average Bonchev–Trinajstić information content (AvgIpc) is 2.60. The molecule has 0 unspecified atom stereocenters. The van der Waals surface area contributed by atoms with Crippen LogP contribution in [0.15, 0.2) is 64.8 Å². The first-order valence-corrected chi connectivity index (χ1v) is 10.2. The molecule has 0 aliphatic carbocycles. The van der Waals surface area contributed by atoms with E-state index in [9.17, 15) is 0 Å². The summed E-state index contributed by atoms with van der Waals surface area (Å²) in [5.74, 6) is 1.88. The zero-order valence-corrected chi connectivity index (χ0v) is 16.3. The molecule has 3 aromatic rings. The monoisotopic (exact) mass is 407 g/mol. The molecule has 0 saturated carbocycles. The quantitative estimate of drug-likeness (QED) is 0.310.